The van der Waals surface area contributed by atoms with Crippen LogP contribution >= 0.6 is 0 Å². The van der Waals surface area contributed by atoms with Gasteiger partial charge in [0.25, 0.3) is 0 Å². The number of guanidine groups is 1. The molecule has 31 heavy (non-hydrogen) atoms. The van der Waals surface area contributed by atoms with Gasteiger partial charge in [-0.15, -0.1) is 0 Å². The van der Waals surface area contributed by atoms with Crippen molar-refractivity contribution in [3.05, 3.63) is 18.0 Å². The van der Waals surface area contributed by atoms with Gasteiger partial charge in [0.1, 0.15) is 0 Å². The number of carbonyl (C=O) groups excluding carboxylic acids is 1. The minimum atomic E-state index is -0.0284. The van der Waals surface area contributed by atoms with Crippen molar-refractivity contribution in [3.63, 3.8) is 0 Å². The summed E-state index contributed by atoms with van der Waals surface area (Å²) >= 11 is 0. The molecule has 8 heteroatoms. The average molecular weight is 430 g/mol. The summed E-state index contributed by atoms with van der Waals surface area (Å²) < 4.78 is 2.14. The van der Waals surface area contributed by atoms with E-state index in [9.17, 15) is 4.79 Å². The molecule has 4 rings (SSSR count). The summed E-state index contributed by atoms with van der Waals surface area (Å²) in [7, 11) is 0. The van der Waals surface area contributed by atoms with Crippen molar-refractivity contribution < 1.29 is 4.79 Å². The Morgan fingerprint density at radius 2 is 1.81 bits per heavy atom. The first-order chi connectivity index (χ1) is 15.2. The molecule has 8 nitrogen and oxygen atoms in total. The van der Waals surface area contributed by atoms with E-state index in [-0.39, 0.29) is 6.04 Å². The maximum Gasteiger partial charge on any atom is 0.239 e. The number of nitrogens with one attached hydrogen (secondary N) is 1. The normalized spacial score (nSPS) is 22.3. The molecule has 1 aromatic rings. The first-order valence-electron chi connectivity index (χ1n) is 12.3. The summed E-state index contributed by atoms with van der Waals surface area (Å²) in [6, 6.07) is 2.65. The molecule has 1 aromatic heterocycles. The Hall–Kier alpha value is -2.09. The Bertz CT molecular complexity index is 741. The monoisotopic (exact) mass is 429 g/mol. The smallest absolute Gasteiger partial charge is 0.239 e. The van der Waals surface area contributed by atoms with E-state index in [4.69, 9.17) is 10.1 Å². The van der Waals surface area contributed by atoms with Crippen LogP contribution in [0, 0.1) is 0 Å². The highest BCUT2D eigenvalue weighted by molar-refractivity contribution is 5.82. The van der Waals surface area contributed by atoms with Gasteiger partial charge in [0.15, 0.2) is 5.96 Å². The molecule has 1 N–H and O–H groups in total. The van der Waals surface area contributed by atoms with E-state index in [1.807, 2.05) is 4.90 Å². The van der Waals surface area contributed by atoms with Gasteiger partial charge in [0.2, 0.25) is 5.91 Å². The Balaban J connectivity index is 1.31. The van der Waals surface area contributed by atoms with Gasteiger partial charge in [-0.2, -0.15) is 5.10 Å². The standard InChI is InChI=1S/C23H39N7O/c1-3-24-23(25-18-20-10-13-30(26-20)21-8-4-5-9-21)29-16-14-27(15-17-29)19(2)22(31)28-11-6-7-12-28/h10,13,19,21H,3-9,11-12,14-18H2,1-2H3,(H,24,25). The third-order valence-electron chi connectivity index (χ3n) is 7.02. The molecule has 3 fully saturated rings. The van der Waals surface area contributed by atoms with Crippen LogP contribution in [0.1, 0.15) is 64.1 Å². The second kappa shape index (κ2) is 10.5. The van der Waals surface area contributed by atoms with Crippen molar-refractivity contribution in [2.24, 2.45) is 4.99 Å². The van der Waals surface area contributed by atoms with Crippen LogP contribution in [-0.4, -0.2) is 88.2 Å². The predicted molar refractivity (Wildman–Crippen MR) is 123 cm³/mol. The van der Waals surface area contributed by atoms with Crippen LogP contribution in [-0.2, 0) is 11.3 Å². The number of hydrogen-bond donors (Lipinski definition) is 1. The maximum atomic E-state index is 12.7. The fourth-order valence-corrected chi connectivity index (χ4v) is 5.09. The third-order valence-corrected chi connectivity index (χ3v) is 7.02. The fraction of sp³-hybridized carbons (Fsp3) is 0.783. The molecule has 2 saturated heterocycles. The van der Waals surface area contributed by atoms with E-state index >= 15 is 0 Å². The summed E-state index contributed by atoms with van der Waals surface area (Å²) in [6.07, 6.45) is 9.53. The minimum Gasteiger partial charge on any atom is -0.357 e. The number of carbonyl (C=O) groups is 1. The number of nitrogens with zero attached hydrogens (tertiary/aromatic N) is 6. The van der Waals surface area contributed by atoms with Crippen LogP contribution in [0.5, 0.6) is 0 Å². The zero-order valence-corrected chi connectivity index (χ0v) is 19.3. The molecule has 0 spiro atoms. The van der Waals surface area contributed by atoms with Crippen molar-refractivity contribution >= 4 is 11.9 Å². The van der Waals surface area contributed by atoms with Crippen molar-refractivity contribution in [2.75, 3.05) is 45.8 Å². The van der Waals surface area contributed by atoms with Gasteiger partial charge in [-0.3, -0.25) is 14.4 Å². The summed E-state index contributed by atoms with van der Waals surface area (Å²) in [5.74, 6) is 1.25. The molecule has 0 radical (unpaired) electrons. The number of aromatic nitrogens is 2. The molecule has 0 bridgehead atoms. The Labute approximate surface area is 186 Å². The van der Waals surface area contributed by atoms with Crippen LogP contribution in [0.2, 0.25) is 0 Å². The lowest BCUT2D eigenvalue weighted by molar-refractivity contribution is -0.135. The van der Waals surface area contributed by atoms with Crippen LogP contribution in [0.25, 0.3) is 0 Å². The first-order valence-corrected chi connectivity index (χ1v) is 12.3. The quantitative estimate of drug-likeness (QED) is 0.554. The second-order valence-electron chi connectivity index (χ2n) is 9.13. The number of amides is 1. The molecule has 1 unspecified atom stereocenters. The van der Waals surface area contributed by atoms with E-state index in [1.165, 1.54) is 25.7 Å². The molecule has 3 heterocycles. The Kier molecular flexibility index (Phi) is 7.48. The van der Waals surface area contributed by atoms with E-state index in [2.05, 4.69) is 45.9 Å². The lowest BCUT2D eigenvalue weighted by Gasteiger charge is -2.39. The zero-order chi connectivity index (χ0) is 21.6. The molecule has 1 amide bonds. The van der Waals surface area contributed by atoms with Gasteiger partial charge in [0, 0.05) is 52.0 Å². The van der Waals surface area contributed by atoms with E-state index in [0.717, 1.165) is 70.3 Å². The molecule has 0 aromatic carbocycles. The van der Waals surface area contributed by atoms with Crippen LogP contribution < -0.4 is 5.32 Å². The highest BCUT2D eigenvalue weighted by atomic mass is 16.2. The van der Waals surface area contributed by atoms with Crippen molar-refractivity contribution in [3.8, 4) is 0 Å². The minimum absolute atomic E-state index is 0.0284. The molecule has 172 valence electrons. The largest absolute Gasteiger partial charge is 0.357 e. The van der Waals surface area contributed by atoms with Crippen molar-refractivity contribution in [1.82, 2.24) is 29.8 Å². The molecular weight excluding hydrogens is 390 g/mol. The zero-order valence-electron chi connectivity index (χ0n) is 19.3. The predicted octanol–water partition coefficient (Wildman–Crippen LogP) is 2.09. The number of rotatable bonds is 6. The molecule has 2 aliphatic heterocycles. The van der Waals surface area contributed by atoms with Gasteiger partial charge in [-0.05, 0) is 45.6 Å². The fourth-order valence-electron chi connectivity index (χ4n) is 5.09. The van der Waals surface area contributed by atoms with Gasteiger partial charge in [0.05, 0.1) is 24.3 Å². The lowest BCUT2D eigenvalue weighted by Crippen LogP contribution is -2.57. The molecule has 1 saturated carbocycles. The van der Waals surface area contributed by atoms with E-state index < -0.39 is 0 Å². The summed E-state index contributed by atoms with van der Waals surface area (Å²) in [4.78, 5) is 24.3. The van der Waals surface area contributed by atoms with E-state index in [0.29, 0.717) is 18.5 Å². The van der Waals surface area contributed by atoms with Crippen molar-refractivity contribution in [1.29, 1.82) is 0 Å². The Morgan fingerprint density at radius 1 is 1.10 bits per heavy atom. The second-order valence-corrected chi connectivity index (χ2v) is 9.13. The molecule has 3 aliphatic rings. The Morgan fingerprint density at radius 3 is 2.48 bits per heavy atom. The molecular formula is C23H39N7O. The van der Waals surface area contributed by atoms with Crippen molar-refractivity contribution in [2.45, 2.75) is 71.0 Å². The summed E-state index contributed by atoms with van der Waals surface area (Å²) in [5, 5.41) is 8.22. The topological polar surface area (TPSA) is 69.0 Å². The van der Waals surface area contributed by atoms with Crippen LogP contribution in [0.3, 0.4) is 0 Å². The lowest BCUT2D eigenvalue weighted by atomic mass is 10.2. The molecule has 1 atom stereocenters. The van der Waals surface area contributed by atoms with Gasteiger partial charge < -0.3 is 15.1 Å². The number of hydrogen-bond acceptors (Lipinski definition) is 4. The SMILES string of the molecule is CCNC(=NCc1ccn(C2CCCC2)n1)N1CCN(C(C)C(=O)N2CCCC2)CC1. The highest BCUT2D eigenvalue weighted by Crippen LogP contribution is 2.28. The van der Waals surface area contributed by atoms with Gasteiger partial charge in [-0.1, -0.05) is 12.8 Å². The summed E-state index contributed by atoms with van der Waals surface area (Å²) in [5.41, 5.74) is 1.03. The highest BCUT2D eigenvalue weighted by Gasteiger charge is 2.30. The van der Waals surface area contributed by atoms with Crippen LogP contribution in [0.15, 0.2) is 17.3 Å². The molecule has 1 aliphatic carbocycles. The average Bonchev–Trinajstić information content (AvgIpc) is 3.57. The third kappa shape index (κ3) is 5.40. The first kappa shape index (κ1) is 22.1. The summed E-state index contributed by atoms with van der Waals surface area (Å²) in [6.45, 7) is 11.0. The van der Waals surface area contributed by atoms with E-state index in [1.54, 1.807) is 0 Å². The maximum absolute atomic E-state index is 12.7. The van der Waals surface area contributed by atoms with Gasteiger partial charge >= 0.3 is 0 Å². The van der Waals surface area contributed by atoms with Gasteiger partial charge in [-0.25, -0.2) is 4.99 Å². The number of piperazine rings is 1. The number of aliphatic imine (C=N–C) groups is 1. The number of likely N-dealkylation sites (tertiary alicyclic amines) is 1. The van der Waals surface area contributed by atoms with Crippen LogP contribution in [0.4, 0.5) is 0 Å².